The van der Waals surface area contributed by atoms with Crippen LogP contribution in [0.2, 0.25) is 0 Å². The fourth-order valence-corrected chi connectivity index (χ4v) is 10.4. The Morgan fingerprint density at radius 3 is 0.985 bits per heavy atom. The smallest absolute Gasteiger partial charge is 0.197 e. The van der Waals surface area contributed by atoms with Gasteiger partial charge in [-0.25, -0.2) is 4.85 Å². The molecule has 0 atom stereocenters. The summed E-state index contributed by atoms with van der Waals surface area (Å²) in [4.78, 5) is 8.69. The molecule has 68 heavy (non-hydrogen) atoms. The van der Waals surface area contributed by atoms with Crippen LogP contribution < -0.4 is 0 Å². The van der Waals surface area contributed by atoms with E-state index in [1.165, 1.54) is 33.4 Å². The molecule has 0 spiro atoms. The Bertz CT molecular complexity index is 3820. The van der Waals surface area contributed by atoms with Gasteiger partial charge in [0.05, 0.1) is 40.0 Å². The number of hydrogen-bond acceptors (Lipinski definition) is 1. The molecule has 12 aromatic rings. The van der Waals surface area contributed by atoms with Crippen LogP contribution in [0, 0.1) is 34.3 Å². The normalized spacial score (nSPS) is 11.5. The van der Waals surface area contributed by atoms with Gasteiger partial charge in [0.15, 0.2) is 5.69 Å². The van der Waals surface area contributed by atoms with Gasteiger partial charge in [-0.2, -0.15) is 0 Å². The number of pyridine rings is 1. The molecular weight excluding hydrogens is 825 g/mol. The Morgan fingerprint density at radius 1 is 0.338 bits per heavy atom. The van der Waals surface area contributed by atoms with E-state index in [4.69, 9.17) is 6.57 Å². The first kappa shape index (κ1) is 40.7. The van der Waals surface area contributed by atoms with Gasteiger partial charge in [-0.3, -0.25) is 4.98 Å². The molecule has 0 unspecified atom stereocenters. The largest absolute Gasteiger partial charge is 0.308 e. The average molecular weight is 871 g/mol. The third kappa shape index (κ3) is 6.96. The van der Waals surface area contributed by atoms with Gasteiger partial charge < -0.3 is 9.13 Å². The van der Waals surface area contributed by atoms with E-state index in [1.807, 2.05) is 24.5 Å². The fourth-order valence-electron chi connectivity index (χ4n) is 10.4. The number of hydrogen-bond donors (Lipinski definition) is 0. The van der Waals surface area contributed by atoms with E-state index in [0.717, 1.165) is 99.5 Å². The number of rotatable bonds is 7. The second kappa shape index (κ2) is 16.3. The maximum Gasteiger partial charge on any atom is 0.197 e. The highest BCUT2D eigenvalue weighted by Crippen LogP contribution is 2.45. The Balaban J connectivity index is 1.25. The molecule has 0 N–H and O–H groups in total. The third-order valence-corrected chi connectivity index (χ3v) is 13.6. The molecule has 9 aromatic carbocycles. The lowest BCUT2D eigenvalue weighted by Gasteiger charge is -2.20. The quantitative estimate of drug-likeness (QED) is 0.147. The molecule has 0 aliphatic heterocycles. The van der Waals surface area contributed by atoms with Gasteiger partial charge >= 0.3 is 0 Å². The van der Waals surface area contributed by atoms with Crippen molar-refractivity contribution < 1.29 is 0 Å². The lowest BCUT2D eigenvalue weighted by Crippen LogP contribution is -2.04. The summed E-state index contributed by atoms with van der Waals surface area (Å²) in [7, 11) is 0. The molecule has 0 aliphatic rings. The molecule has 4 heteroatoms. The highest BCUT2D eigenvalue weighted by atomic mass is 15.1. The Labute approximate surface area is 396 Å². The Hall–Kier alpha value is -8.78. The van der Waals surface area contributed by atoms with Gasteiger partial charge in [-0.1, -0.05) is 168 Å². The summed E-state index contributed by atoms with van der Waals surface area (Å²) in [5, 5.41) is 4.60. The molecule has 3 aromatic heterocycles. The van der Waals surface area contributed by atoms with Crippen LogP contribution in [-0.2, 0) is 0 Å². The Kier molecular flexibility index (Phi) is 9.74. The molecule has 0 aliphatic carbocycles. The van der Waals surface area contributed by atoms with E-state index < -0.39 is 0 Å². The topological polar surface area (TPSA) is 27.1 Å². The van der Waals surface area contributed by atoms with Crippen molar-refractivity contribution in [1.82, 2.24) is 14.1 Å². The Morgan fingerprint density at radius 2 is 0.662 bits per heavy atom. The van der Waals surface area contributed by atoms with Crippen molar-refractivity contribution in [2.24, 2.45) is 0 Å². The van der Waals surface area contributed by atoms with E-state index in [2.05, 4.69) is 229 Å². The predicted molar refractivity (Wildman–Crippen MR) is 285 cm³/mol. The number of aromatic nitrogens is 3. The minimum Gasteiger partial charge on any atom is -0.308 e. The maximum absolute atomic E-state index is 8.80. The molecule has 0 saturated carbocycles. The van der Waals surface area contributed by atoms with Crippen LogP contribution in [0.15, 0.2) is 207 Å². The minimum absolute atomic E-state index is 0.566. The zero-order chi connectivity index (χ0) is 46.0. The van der Waals surface area contributed by atoms with Crippen molar-refractivity contribution in [3.05, 3.63) is 240 Å². The van der Waals surface area contributed by atoms with Crippen molar-refractivity contribution in [2.45, 2.75) is 27.7 Å². The summed E-state index contributed by atoms with van der Waals surface area (Å²) >= 11 is 0. The molecule has 3 heterocycles. The molecule has 0 bridgehead atoms. The van der Waals surface area contributed by atoms with Crippen LogP contribution in [-0.4, -0.2) is 14.1 Å². The minimum atomic E-state index is 0.566. The highest BCUT2D eigenvalue weighted by Gasteiger charge is 2.24. The van der Waals surface area contributed by atoms with Gasteiger partial charge in [-0.05, 0) is 132 Å². The van der Waals surface area contributed by atoms with E-state index in [-0.39, 0.29) is 0 Å². The summed E-state index contributed by atoms with van der Waals surface area (Å²) in [6.07, 6.45) is 3.62. The summed E-state index contributed by atoms with van der Waals surface area (Å²) in [6, 6.07) is 70.9. The molecule has 12 rings (SSSR count). The summed E-state index contributed by atoms with van der Waals surface area (Å²) in [6.45, 7) is 17.4. The molecule has 0 radical (unpaired) electrons. The number of aryl methyl sites for hydroxylation is 4. The van der Waals surface area contributed by atoms with E-state index >= 15 is 0 Å². The van der Waals surface area contributed by atoms with Crippen molar-refractivity contribution in [3.8, 4) is 67.0 Å². The monoisotopic (exact) mass is 870 g/mol. The van der Waals surface area contributed by atoms with Gasteiger partial charge in [0, 0.05) is 33.9 Å². The van der Waals surface area contributed by atoms with Crippen LogP contribution in [0.3, 0.4) is 0 Å². The number of nitrogens with zero attached hydrogens (tertiary/aromatic N) is 4. The van der Waals surface area contributed by atoms with Crippen molar-refractivity contribution in [1.29, 1.82) is 0 Å². The van der Waals surface area contributed by atoms with Crippen LogP contribution in [0.5, 0.6) is 0 Å². The standard InChI is InChI=1S/C64H46N4/c1-40-10-6-14-45(30-40)49-18-22-53-54-23-19-50(46-15-7-11-41(2)31-46)35-60(54)67(59(53)34-49)63-38-57(44-26-28-66-29-27-44)58(65-5)39-64(63)68-61-36-51(47-16-8-12-42(3)32-47)20-24-55(61)56-25-21-52(37-62(56)68)48-17-9-13-43(4)33-48/h6-39H,1-4H3. The van der Waals surface area contributed by atoms with Crippen LogP contribution in [0.1, 0.15) is 22.3 Å². The molecule has 0 amide bonds. The van der Waals surface area contributed by atoms with Gasteiger partial charge in [-0.15, -0.1) is 0 Å². The summed E-state index contributed by atoms with van der Waals surface area (Å²) in [5.41, 5.74) is 22.6. The number of benzene rings is 9. The first-order valence-electron chi connectivity index (χ1n) is 23.2. The SMILES string of the molecule is [C-]#[N+]c1cc(-n2c3cc(-c4cccc(C)c4)ccc3c3ccc(-c4cccc(C)c4)cc32)c(-n2c3cc(-c4cccc(C)c4)ccc3c3ccc(-c4cccc(C)c4)cc32)cc1-c1ccncc1. The number of fused-ring (bicyclic) bond motifs is 6. The molecule has 4 nitrogen and oxygen atoms in total. The van der Waals surface area contributed by atoms with E-state index in [0.29, 0.717) is 5.69 Å². The maximum atomic E-state index is 8.80. The summed E-state index contributed by atoms with van der Waals surface area (Å²) in [5.74, 6) is 0. The third-order valence-electron chi connectivity index (χ3n) is 13.6. The summed E-state index contributed by atoms with van der Waals surface area (Å²) < 4.78 is 4.89. The van der Waals surface area contributed by atoms with Crippen molar-refractivity contribution in [2.75, 3.05) is 0 Å². The lowest BCUT2D eigenvalue weighted by atomic mass is 10.0. The van der Waals surface area contributed by atoms with Crippen LogP contribution in [0.4, 0.5) is 5.69 Å². The van der Waals surface area contributed by atoms with E-state index in [1.54, 1.807) is 0 Å². The molecule has 0 saturated heterocycles. The zero-order valence-electron chi connectivity index (χ0n) is 38.4. The van der Waals surface area contributed by atoms with E-state index in [9.17, 15) is 0 Å². The second-order valence-corrected chi connectivity index (χ2v) is 18.3. The highest BCUT2D eigenvalue weighted by molar-refractivity contribution is 6.14. The van der Waals surface area contributed by atoms with Crippen molar-refractivity contribution >= 4 is 49.3 Å². The van der Waals surface area contributed by atoms with Crippen molar-refractivity contribution in [3.63, 3.8) is 0 Å². The van der Waals surface area contributed by atoms with Gasteiger partial charge in [0.1, 0.15) is 0 Å². The molecule has 0 fully saturated rings. The average Bonchev–Trinajstić information content (AvgIpc) is 3.87. The predicted octanol–water partition coefficient (Wildman–Crippen LogP) is 17.4. The zero-order valence-corrected chi connectivity index (χ0v) is 38.4. The lowest BCUT2D eigenvalue weighted by molar-refractivity contribution is 1.10. The second-order valence-electron chi connectivity index (χ2n) is 18.3. The van der Waals surface area contributed by atoms with Crippen LogP contribution >= 0.6 is 0 Å². The van der Waals surface area contributed by atoms with Gasteiger partial charge in [0.25, 0.3) is 0 Å². The first-order valence-corrected chi connectivity index (χ1v) is 23.2. The first-order chi connectivity index (χ1) is 33.3. The molecular formula is C64H46N4. The fraction of sp³-hybridized carbons (Fsp3) is 0.0625. The van der Waals surface area contributed by atoms with Gasteiger partial charge in [0.2, 0.25) is 0 Å². The van der Waals surface area contributed by atoms with Crippen LogP contribution in [0.25, 0.3) is 115 Å². The molecule has 322 valence electrons.